The van der Waals surface area contributed by atoms with Crippen molar-refractivity contribution in [2.45, 2.75) is 19.1 Å². The monoisotopic (exact) mass is 278 g/mol. The average molecular weight is 278 g/mol. The third-order valence-corrected chi connectivity index (χ3v) is 3.13. The van der Waals surface area contributed by atoms with E-state index in [1.54, 1.807) is 12.4 Å². The van der Waals surface area contributed by atoms with Crippen molar-refractivity contribution in [1.29, 1.82) is 0 Å². The van der Waals surface area contributed by atoms with E-state index in [0.717, 1.165) is 17.7 Å². The first kappa shape index (κ1) is 14.6. The van der Waals surface area contributed by atoms with Crippen LogP contribution < -0.4 is 5.32 Å². The zero-order valence-electron chi connectivity index (χ0n) is 11.1. The maximum absolute atomic E-state index is 13.1. The van der Waals surface area contributed by atoms with Crippen molar-refractivity contribution in [1.82, 2.24) is 10.3 Å². The van der Waals surface area contributed by atoms with Crippen molar-refractivity contribution in [3.63, 3.8) is 0 Å². The minimum absolute atomic E-state index is 0.00338. The minimum atomic E-state index is -0.957. The van der Waals surface area contributed by atoms with Gasteiger partial charge in [-0.3, -0.25) is 4.98 Å². The topological polar surface area (TPSA) is 45.1 Å². The van der Waals surface area contributed by atoms with Crippen LogP contribution in [0, 0.1) is 11.6 Å². The molecule has 0 amide bonds. The zero-order valence-corrected chi connectivity index (χ0v) is 11.1. The summed E-state index contributed by atoms with van der Waals surface area (Å²) in [6.07, 6.45) is 2.53. The van der Waals surface area contributed by atoms with E-state index in [0.29, 0.717) is 5.56 Å². The number of hydrogen-bond acceptors (Lipinski definition) is 3. The van der Waals surface area contributed by atoms with E-state index in [4.69, 9.17) is 0 Å². The summed E-state index contributed by atoms with van der Waals surface area (Å²) < 4.78 is 25.9. The van der Waals surface area contributed by atoms with E-state index in [1.807, 2.05) is 19.1 Å². The Morgan fingerprint density at radius 1 is 1.20 bits per heavy atom. The number of aliphatic hydroxyl groups is 1. The van der Waals surface area contributed by atoms with Crippen LogP contribution in [0.2, 0.25) is 0 Å². The van der Waals surface area contributed by atoms with Gasteiger partial charge in [0.25, 0.3) is 0 Å². The Morgan fingerprint density at radius 3 is 2.65 bits per heavy atom. The van der Waals surface area contributed by atoms with Crippen molar-refractivity contribution in [3.8, 4) is 0 Å². The molecule has 0 radical (unpaired) electrons. The normalized spacial score (nSPS) is 14.0. The molecule has 1 aromatic carbocycles. The standard InChI is InChI=1S/C15H16F2N2O/c1-10(12-3-2-6-18-8-12)19-9-15(20)11-4-5-13(16)14(17)7-11/h2-8,10,15,19-20H,9H2,1H3. The number of halogens is 2. The number of nitrogens with one attached hydrogen (secondary N) is 1. The van der Waals surface area contributed by atoms with E-state index >= 15 is 0 Å². The largest absolute Gasteiger partial charge is 0.387 e. The van der Waals surface area contributed by atoms with Crippen molar-refractivity contribution >= 4 is 0 Å². The quantitative estimate of drug-likeness (QED) is 0.884. The fourth-order valence-corrected chi connectivity index (χ4v) is 1.88. The van der Waals surface area contributed by atoms with Gasteiger partial charge in [0.15, 0.2) is 11.6 Å². The molecule has 0 bridgehead atoms. The number of aliphatic hydroxyl groups excluding tert-OH is 1. The summed E-state index contributed by atoms with van der Waals surface area (Å²) in [4.78, 5) is 4.02. The van der Waals surface area contributed by atoms with Gasteiger partial charge in [0.05, 0.1) is 6.10 Å². The van der Waals surface area contributed by atoms with Crippen LogP contribution in [0.15, 0.2) is 42.7 Å². The summed E-state index contributed by atoms with van der Waals surface area (Å²) >= 11 is 0. The van der Waals surface area contributed by atoms with Gasteiger partial charge in [0.2, 0.25) is 0 Å². The second-order valence-corrected chi connectivity index (χ2v) is 4.61. The first-order valence-corrected chi connectivity index (χ1v) is 6.34. The summed E-state index contributed by atoms with van der Waals surface area (Å²) in [5.41, 5.74) is 1.33. The molecule has 2 atom stereocenters. The van der Waals surface area contributed by atoms with Gasteiger partial charge in [-0.05, 0) is 36.2 Å². The van der Waals surface area contributed by atoms with Crippen molar-refractivity contribution < 1.29 is 13.9 Å². The molecule has 2 aromatic rings. The highest BCUT2D eigenvalue weighted by Crippen LogP contribution is 2.17. The highest BCUT2D eigenvalue weighted by atomic mass is 19.2. The molecule has 0 saturated carbocycles. The van der Waals surface area contributed by atoms with Crippen LogP contribution in [0.3, 0.4) is 0 Å². The Balaban J connectivity index is 1.95. The molecule has 2 N–H and O–H groups in total. The zero-order chi connectivity index (χ0) is 14.5. The van der Waals surface area contributed by atoms with Gasteiger partial charge < -0.3 is 10.4 Å². The van der Waals surface area contributed by atoms with E-state index in [2.05, 4.69) is 10.3 Å². The number of rotatable bonds is 5. The van der Waals surface area contributed by atoms with Gasteiger partial charge in [-0.25, -0.2) is 8.78 Å². The van der Waals surface area contributed by atoms with E-state index < -0.39 is 17.7 Å². The van der Waals surface area contributed by atoms with Gasteiger partial charge in [0.1, 0.15) is 0 Å². The summed E-state index contributed by atoms with van der Waals surface area (Å²) in [5.74, 6) is -1.88. The second-order valence-electron chi connectivity index (χ2n) is 4.61. The highest BCUT2D eigenvalue weighted by Gasteiger charge is 2.12. The van der Waals surface area contributed by atoms with E-state index in [-0.39, 0.29) is 12.6 Å². The van der Waals surface area contributed by atoms with Crippen LogP contribution in [-0.4, -0.2) is 16.6 Å². The molecule has 0 saturated heterocycles. The third kappa shape index (κ3) is 3.59. The van der Waals surface area contributed by atoms with Crippen molar-refractivity contribution in [2.75, 3.05) is 6.54 Å². The van der Waals surface area contributed by atoms with Gasteiger partial charge >= 0.3 is 0 Å². The predicted octanol–water partition coefficient (Wildman–Crippen LogP) is 2.74. The maximum Gasteiger partial charge on any atom is 0.159 e. The predicted molar refractivity (Wildman–Crippen MR) is 72.0 cm³/mol. The lowest BCUT2D eigenvalue weighted by atomic mass is 10.1. The molecule has 3 nitrogen and oxygen atoms in total. The van der Waals surface area contributed by atoms with Crippen molar-refractivity contribution in [3.05, 3.63) is 65.5 Å². The smallest absolute Gasteiger partial charge is 0.159 e. The molecule has 2 unspecified atom stereocenters. The second kappa shape index (κ2) is 6.54. The molecule has 2 rings (SSSR count). The molecule has 0 spiro atoms. The van der Waals surface area contributed by atoms with Gasteiger partial charge in [-0.2, -0.15) is 0 Å². The Labute approximate surface area is 116 Å². The van der Waals surface area contributed by atoms with Crippen LogP contribution in [0.5, 0.6) is 0 Å². The van der Waals surface area contributed by atoms with Crippen LogP contribution >= 0.6 is 0 Å². The molecule has 0 aliphatic rings. The summed E-state index contributed by atoms with van der Waals surface area (Å²) in [7, 11) is 0. The first-order chi connectivity index (χ1) is 9.58. The molecular weight excluding hydrogens is 262 g/mol. The maximum atomic E-state index is 13.1. The number of aromatic nitrogens is 1. The number of pyridine rings is 1. The molecule has 0 aliphatic carbocycles. The molecule has 20 heavy (non-hydrogen) atoms. The molecule has 0 fully saturated rings. The van der Waals surface area contributed by atoms with E-state index in [9.17, 15) is 13.9 Å². The number of benzene rings is 1. The van der Waals surface area contributed by atoms with Crippen molar-refractivity contribution in [2.24, 2.45) is 0 Å². The SMILES string of the molecule is CC(NCC(O)c1ccc(F)c(F)c1)c1cccnc1. The molecule has 5 heteroatoms. The highest BCUT2D eigenvalue weighted by molar-refractivity contribution is 5.20. The van der Waals surface area contributed by atoms with Crippen LogP contribution in [0.1, 0.15) is 30.2 Å². The van der Waals surface area contributed by atoms with Crippen LogP contribution in [0.25, 0.3) is 0 Å². The summed E-state index contributed by atoms with van der Waals surface area (Å²) in [6.45, 7) is 2.18. The number of nitrogens with zero attached hydrogens (tertiary/aromatic N) is 1. The first-order valence-electron chi connectivity index (χ1n) is 6.34. The Bertz CT molecular complexity index is 563. The molecule has 1 aromatic heterocycles. The third-order valence-electron chi connectivity index (χ3n) is 3.13. The average Bonchev–Trinajstić information content (AvgIpc) is 2.48. The molecular formula is C15H16F2N2O. The lowest BCUT2D eigenvalue weighted by Gasteiger charge is -2.17. The molecule has 0 aliphatic heterocycles. The van der Waals surface area contributed by atoms with Crippen LogP contribution in [0.4, 0.5) is 8.78 Å². The Hall–Kier alpha value is -1.85. The lowest BCUT2D eigenvalue weighted by Crippen LogP contribution is -2.24. The van der Waals surface area contributed by atoms with Crippen LogP contribution in [-0.2, 0) is 0 Å². The number of hydrogen-bond donors (Lipinski definition) is 2. The fraction of sp³-hybridized carbons (Fsp3) is 0.267. The lowest BCUT2D eigenvalue weighted by molar-refractivity contribution is 0.170. The van der Waals surface area contributed by atoms with Gasteiger partial charge in [0, 0.05) is 25.0 Å². The molecule has 1 heterocycles. The fourth-order valence-electron chi connectivity index (χ4n) is 1.88. The van der Waals surface area contributed by atoms with Gasteiger partial charge in [-0.15, -0.1) is 0 Å². The Kier molecular flexibility index (Phi) is 4.76. The molecule has 106 valence electrons. The Morgan fingerprint density at radius 2 is 2.00 bits per heavy atom. The summed E-state index contributed by atoms with van der Waals surface area (Å²) in [6, 6.07) is 7.16. The van der Waals surface area contributed by atoms with E-state index in [1.165, 1.54) is 6.07 Å². The minimum Gasteiger partial charge on any atom is -0.387 e. The summed E-state index contributed by atoms with van der Waals surface area (Å²) in [5, 5.41) is 13.1. The van der Waals surface area contributed by atoms with Gasteiger partial charge in [-0.1, -0.05) is 12.1 Å².